The summed E-state index contributed by atoms with van der Waals surface area (Å²) in [7, 11) is -3.46. The molecule has 2 rings (SSSR count). The summed E-state index contributed by atoms with van der Waals surface area (Å²) in [4.78, 5) is 0.258. The van der Waals surface area contributed by atoms with Gasteiger partial charge in [0.2, 0.25) is 10.0 Å². The molecule has 0 aromatic heterocycles. The van der Waals surface area contributed by atoms with Gasteiger partial charge in [0, 0.05) is 12.2 Å². The average Bonchev–Trinajstić information content (AvgIpc) is 2.47. The lowest BCUT2D eigenvalue weighted by Crippen LogP contribution is -2.25. The molecule has 0 saturated heterocycles. The summed E-state index contributed by atoms with van der Waals surface area (Å²) in [6.45, 7) is 2.21. The third-order valence-electron chi connectivity index (χ3n) is 3.33. The molecule has 0 aliphatic rings. The van der Waals surface area contributed by atoms with Crippen molar-refractivity contribution in [3.8, 4) is 0 Å². The van der Waals surface area contributed by atoms with E-state index in [-0.39, 0.29) is 4.90 Å². The Morgan fingerprint density at radius 2 is 1.81 bits per heavy atom. The minimum absolute atomic E-state index is 0.258. The highest BCUT2D eigenvalue weighted by molar-refractivity contribution is 7.89. The Labute approximate surface area is 126 Å². The largest absolute Gasteiger partial charge is 0.399 e. The molecule has 0 fully saturated rings. The zero-order valence-corrected chi connectivity index (χ0v) is 12.9. The Bertz CT molecular complexity index is 697. The standard InChI is InChI=1S/C16H20N2O2S/c1-13-12-15(9-10-16(13)17)21(19,20)18-11-5-8-14-6-3-2-4-7-14/h2-4,6-7,9-10,12,18H,5,8,11,17H2,1H3. The first-order chi connectivity index (χ1) is 9.99. The van der Waals surface area contributed by atoms with E-state index in [1.165, 1.54) is 11.6 Å². The van der Waals surface area contributed by atoms with E-state index in [0.29, 0.717) is 12.2 Å². The van der Waals surface area contributed by atoms with E-state index >= 15 is 0 Å². The number of hydrogen-bond acceptors (Lipinski definition) is 3. The van der Waals surface area contributed by atoms with Gasteiger partial charge in [0.1, 0.15) is 0 Å². The van der Waals surface area contributed by atoms with Gasteiger partial charge in [-0.2, -0.15) is 0 Å². The molecule has 0 saturated carbocycles. The second-order valence-electron chi connectivity index (χ2n) is 5.01. The van der Waals surface area contributed by atoms with E-state index < -0.39 is 10.0 Å². The SMILES string of the molecule is Cc1cc(S(=O)(=O)NCCCc2ccccc2)ccc1N. The van der Waals surface area contributed by atoms with Crippen molar-refractivity contribution in [2.24, 2.45) is 0 Å². The van der Waals surface area contributed by atoms with Gasteiger partial charge in [-0.3, -0.25) is 0 Å². The molecular weight excluding hydrogens is 284 g/mol. The van der Waals surface area contributed by atoms with Gasteiger partial charge < -0.3 is 5.73 Å². The van der Waals surface area contributed by atoms with E-state index in [2.05, 4.69) is 4.72 Å². The Morgan fingerprint density at radius 1 is 1.10 bits per heavy atom. The molecule has 3 N–H and O–H groups in total. The summed E-state index contributed by atoms with van der Waals surface area (Å²) in [5.41, 5.74) is 8.27. The lowest BCUT2D eigenvalue weighted by Gasteiger charge is -2.08. The third-order valence-corrected chi connectivity index (χ3v) is 4.79. The van der Waals surface area contributed by atoms with E-state index in [1.54, 1.807) is 19.1 Å². The highest BCUT2D eigenvalue weighted by Crippen LogP contribution is 2.16. The number of rotatable bonds is 6. The molecule has 112 valence electrons. The summed E-state index contributed by atoms with van der Waals surface area (Å²) in [6, 6.07) is 14.8. The predicted molar refractivity (Wildman–Crippen MR) is 85.5 cm³/mol. The summed E-state index contributed by atoms with van der Waals surface area (Å²) in [5, 5.41) is 0. The molecule has 0 aliphatic heterocycles. The van der Waals surface area contributed by atoms with Gasteiger partial charge in [-0.05, 0) is 49.1 Å². The topological polar surface area (TPSA) is 72.2 Å². The molecule has 4 nitrogen and oxygen atoms in total. The number of nitrogens with two attached hydrogens (primary N) is 1. The summed E-state index contributed by atoms with van der Waals surface area (Å²) >= 11 is 0. The molecule has 21 heavy (non-hydrogen) atoms. The van der Waals surface area contributed by atoms with Gasteiger partial charge in [0.25, 0.3) is 0 Å². The zero-order valence-electron chi connectivity index (χ0n) is 12.0. The van der Waals surface area contributed by atoms with Crippen LogP contribution < -0.4 is 10.5 Å². The molecule has 5 heteroatoms. The predicted octanol–water partition coefficient (Wildman–Crippen LogP) is 2.49. The van der Waals surface area contributed by atoms with Crippen LogP contribution in [0.1, 0.15) is 17.5 Å². The van der Waals surface area contributed by atoms with Crippen LogP contribution in [-0.2, 0) is 16.4 Å². The maximum Gasteiger partial charge on any atom is 0.240 e. The van der Waals surface area contributed by atoms with Crippen molar-refractivity contribution in [2.75, 3.05) is 12.3 Å². The zero-order chi connectivity index (χ0) is 15.3. The van der Waals surface area contributed by atoms with Crippen molar-refractivity contribution < 1.29 is 8.42 Å². The van der Waals surface area contributed by atoms with Gasteiger partial charge in [-0.1, -0.05) is 30.3 Å². The highest BCUT2D eigenvalue weighted by atomic mass is 32.2. The molecule has 0 bridgehead atoms. The molecule has 2 aromatic carbocycles. The van der Waals surface area contributed by atoms with Gasteiger partial charge >= 0.3 is 0 Å². The van der Waals surface area contributed by atoms with Crippen LogP contribution in [0.5, 0.6) is 0 Å². The van der Waals surface area contributed by atoms with Crippen LogP contribution in [0.3, 0.4) is 0 Å². The maximum atomic E-state index is 12.2. The number of benzene rings is 2. The molecule has 0 heterocycles. The minimum atomic E-state index is -3.46. The summed E-state index contributed by atoms with van der Waals surface area (Å²) < 4.78 is 26.9. The van der Waals surface area contributed by atoms with Crippen LogP contribution in [0, 0.1) is 6.92 Å². The molecule has 2 aromatic rings. The van der Waals surface area contributed by atoms with Crippen molar-refractivity contribution in [1.29, 1.82) is 0 Å². The third kappa shape index (κ3) is 4.31. The van der Waals surface area contributed by atoms with Crippen molar-refractivity contribution in [3.05, 3.63) is 59.7 Å². The van der Waals surface area contributed by atoms with Gasteiger partial charge in [0.05, 0.1) is 4.90 Å². The Hall–Kier alpha value is -1.85. The molecule has 0 unspecified atom stereocenters. The van der Waals surface area contributed by atoms with Crippen LogP contribution in [0.2, 0.25) is 0 Å². The van der Waals surface area contributed by atoms with E-state index in [1.807, 2.05) is 30.3 Å². The van der Waals surface area contributed by atoms with Crippen LogP contribution in [0.4, 0.5) is 5.69 Å². The van der Waals surface area contributed by atoms with Crippen LogP contribution in [-0.4, -0.2) is 15.0 Å². The molecule has 0 radical (unpaired) electrons. The van der Waals surface area contributed by atoms with E-state index in [4.69, 9.17) is 5.73 Å². The number of aryl methyl sites for hydroxylation is 2. The monoisotopic (exact) mass is 304 g/mol. The first kappa shape index (κ1) is 15.5. The fourth-order valence-corrected chi connectivity index (χ4v) is 3.20. The normalized spacial score (nSPS) is 11.5. The second-order valence-corrected chi connectivity index (χ2v) is 6.77. The van der Waals surface area contributed by atoms with Crippen molar-refractivity contribution in [2.45, 2.75) is 24.7 Å². The van der Waals surface area contributed by atoms with Crippen LogP contribution in [0.25, 0.3) is 0 Å². The fourth-order valence-electron chi connectivity index (χ4n) is 2.04. The smallest absolute Gasteiger partial charge is 0.240 e. The second kappa shape index (κ2) is 6.74. The number of hydrogen-bond donors (Lipinski definition) is 2. The molecule has 0 atom stereocenters. The van der Waals surface area contributed by atoms with Gasteiger partial charge in [-0.25, -0.2) is 13.1 Å². The maximum absolute atomic E-state index is 12.2. The van der Waals surface area contributed by atoms with Crippen LogP contribution in [0.15, 0.2) is 53.4 Å². The van der Waals surface area contributed by atoms with Gasteiger partial charge in [0.15, 0.2) is 0 Å². The van der Waals surface area contributed by atoms with Crippen molar-refractivity contribution >= 4 is 15.7 Å². The first-order valence-electron chi connectivity index (χ1n) is 6.89. The van der Waals surface area contributed by atoms with Crippen LogP contribution >= 0.6 is 0 Å². The lowest BCUT2D eigenvalue weighted by atomic mass is 10.1. The first-order valence-corrected chi connectivity index (χ1v) is 8.37. The molecular formula is C16H20N2O2S. The van der Waals surface area contributed by atoms with E-state index in [0.717, 1.165) is 18.4 Å². The molecule has 0 spiro atoms. The fraction of sp³-hybridized carbons (Fsp3) is 0.250. The summed E-state index contributed by atoms with van der Waals surface area (Å²) in [5.74, 6) is 0. The number of sulfonamides is 1. The highest BCUT2D eigenvalue weighted by Gasteiger charge is 2.13. The number of nitrogens with one attached hydrogen (secondary N) is 1. The Kier molecular flexibility index (Phi) is 4.98. The molecule has 0 amide bonds. The molecule has 0 aliphatic carbocycles. The van der Waals surface area contributed by atoms with E-state index in [9.17, 15) is 8.42 Å². The van der Waals surface area contributed by atoms with Crippen molar-refractivity contribution in [1.82, 2.24) is 4.72 Å². The number of nitrogen functional groups attached to an aromatic ring is 1. The average molecular weight is 304 g/mol. The Balaban J connectivity index is 1.91. The van der Waals surface area contributed by atoms with Gasteiger partial charge in [-0.15, -0.1) is 0 Å². The Morgan fingerprint density at radius 3 is 2.48 bits per heavy atom. The number of anilines is 1. The quantitative estimate of drug-likeness (QED) is 0.636. The minimum Gasteiger partial charge on any atom is -0.399 e. The summed E-state index contributed by atoms with van der Waals surface area (Å²) in [6.07, 6.45) is 1.61. The van der Waals surface area contributed by atoms with Crippen molar-refractivity contribution in [3.63, 3.8) is 0 Å². The lowest BCUT2D eigenvalue weighted by molar-refractivity contribution is 0.579.